The van der Waals surface area contributed by atoms with E-state index in [0.29, 0.717) is 11.5 Å². The molecule has 2 aromatic rings. The quantitative estimate of drug-likeness (QED) is 0.635. The third-order valence-electron chi connectivity index (χ3n) is 5.81. The molecule has 1 aliphatic carbocycles. The van der Waals surface area contributed by atoms with Crippen molar-refractivity contribution in [2.24, 2.45) is 5.92 Å². The third-order valence-corrected chi connectivity index (χ3v) is 6.16. The Balaban J connectivity index is 1.76. The Labute approximate surface area is 190 Å². The highest BCUT2D eigenvalue weighted by Crippen LogP contribution is 2.54. The van der Waals surface area contributed by atoms with Gasteiger partial charge in [-0.15, -0.1) is 0 Å². The maximum Gasteiger partial charge on any atom is 0.231 e. The van der Waals surface area contributed by atoms with Crippen LogP contribution >= 0.6 is 11.6 Å². The van der Waals surface area contributed by atoms with E-state index in [1.165, 1.54) is 20.3 Å². The van der Waals surface area contributed by atoms with Crippen molar-refractivity contribution in [2.75, 3.05) is 21.3 Å². The first-order valence-electron chi connectivity index (χ1n) is 10.0. The van der Waals surface area contributed by atoms with Crippen molar-refractivity contribution in [3.63, 3.8) is 0 Å². The van der Waals surface area contributed by atoms with Gasteiger partial charge in [0.1, 0.15) is 34.4 Å². The van der Waals surface area contributed by atoms with Crippen LogP contribution in [0.25, 0.3) is 0 Å². The number of benzene rings is 2. The molecule has 2 atom stereocenters. The van der Waals surface area contributed by atoms with Crippen LogP contribution in [0.15, 0.2) is 42.2 Å². The molecule has 0 unspecified atom stereocenters. The molecule has 0 N–H and O–H groups in total. The lowest BCUT2D eigenvalue weighted by Crippen LogP contribution is -2.51. The summed E-state index contributed by atoms with van der Waals surface area (Å²) in [6, 6.07) is 8.87. The number of ether oxygens (including phenoxy) is 5. The van der Waals surface area contributed by atoms with E-state index in [1.54, 1.807) is 20.1 Å². The number of hydrogen-bond acceptors (Lipinski definition) is 7. The number of Topliss-reactive ketones (excluding diaryl/α,β-unsaturated/α-hetero) is 1. The van der Waals surface area contributed by atoms with Gasteiger partial charge < -0.3 is 23.7 Å². The lowest BCUT2D eigenvalue weighted by molar-refractivity contribution is -0.118. The lowest BCUT2D eigenvalue weighted by Gasteiger charge is -2.37. The number of fused-ring (bicyclic) bond motifs is 1. The summed E-state index contributed by atoms with van der Waals surface area (Å²) in [6.45, 7) is 1.90. The first kappa shape index (κ1) is 22.0. The molecule has 0 saturated carbocycles. The second-order valence-corrected chi connectivity index (χ2v) is 8.06. The molecule has 4 rings (SSSR count). The molecule has 0 aromatic heterocycles. The average molecular weight is 459 g/mol. The zero-order chi connectivity index (χ0) is 23.0. The van der Waals surface area contributed by atoms with Crippen LogP contribution in [-0.4, -0.2) is 38.5 Å². The number of carbonyl (C=O) groups excluding carboxylic acids is 2. The maximum absolute atomic E-state index is 13.8. The monoisotopic (exact) mass is 458 g/mol. The van der Waals surface area contributed by atoms with Crippen LogP contribution in [0.5, 0.6) is 23.0 Å². The van der Waals surface area contributed by atoms with Gasteiger partial charge in [-0.3, -0.25) is 9.59 Å². The van der Waals surface area contributed by atoms with E-state index in [1.807, 2.05) is 24.3 Å². The van der Waals surface area contributed by atoms with Gasteiger partial charge in [0.25, 0.3) is 0 Å². The van der Waals surface area contributed by atoms with E-state index >= 15 is 0 Å². The molecule has 0 radical (unpaired) electrons. The van der Waals surface area contributed by atoms with Gasteiger partial charge in [0.2, 0.25) is 11.4 Å². The molecule has 0 saturated heterocycles. The van der Waals surface area contributed by atoms with Crippen LogP contribution < -0.4 is 18.9 Å². The highest BCUT2D eigenvalue weighted by Gasteiger charge is 2.60. The van der Waals surface area contributed by atoms with Crippen LogP contribution in [0.2, 0.25) is 5.02 Å². The smallest absolute Gasteiger partial charge is 0.231 e. The largest absolute Gasteiger partial charge is 0.497 e. The van der Waals surface area contributed by atoms with E-state index in [9.17, 15) is 9.59 Å². The maximum atomic E-state index is 13.8. The molecule has 1 spiro atoms. The molecule has 1 aliphatic heterocycles. The Kier molecular flexibility index (Phi) is 5.77. The van der Waals surface area contributed by atoms with Crippen LogP contribution in [0.3, 0.4) is 0 Å². The number of rotatable bonds is 6. The molecule has 32 heavy (non-hydrogen) atoms. The van der Waals surface area contributed by atoms with Gasteiger partial charge in [-0.05, 0) is 17.7 Å². The zero-order valence-electron chi connectivity index (χ0n) is 18.2. The van der Waals surface area contributed by atoms with Crippen molar-refractivity contribution in [1.29, 1.82) is 0 Å². The van der Waals surface area contributed by atoms with E-state index in [2.05, 4.69) is 0 Å². The number of hydrogen-bond donors (Lipinski definition) is 0. The van der Waals surface area contributed by atoms with Gasteiger partial charge in [0, 0.05) is 24.5 Å². The zero-order valence-corrected chi connectivity index (χ0v) is 18.9. The van der Waals surface area contributed by atoms with E-state index < -0.39 is 11.5 Å². The highest BCUT2D eigenvalue weighted by molar-refractivity contribution is 6.35. The summed E-state index contributed by atoms with van der Waals surface area (Å²) in [7, 11) is 4.49. The molecular weight excluding hydrogens is 436 g/mol. The Morgan fingerprint density at radius 1 is 1.09 bits per heavy atom. The summed E-state index contributed by atoms with van der Waals surface area (Å²) in [4.78, 5) is 26.2. The molecule has 0 fully saturated rings. The molecular formula is C24H23ClO7. The van der Waals surface area contributed by atoms with Crippen LogP contribution in [-0.2, 0) is 16.1 Å². The normalized spacial score (nSPS) is 21.7. The summed E-state index contributed by atoms with van der Waals surface area (Å²) in [5.41, 5.74) is -0.514. The minimum Gasteiger partial charge on any atom is -0.497 e. The molecule has 168 valence electrons. The van der Waals surface area contributed by atoms with Crippen LogP contribution in [0.1, 0.15) is 29.3 Å². The summed E-state index contributed by atoms with van der Waals surface area (Å²) < 4.78 is 28.3. The number of carbonyl (C=O) groups is 2. The molecule has 8 heteroatoms. The van der Waals surface area contributed by atoms with Crippen molar-refractivity contribution in [3.05, 3.63) is 58.3 Å². The molecule has 2 aromatic carbocycles. The minimum atomic E-state index is -1.53. The summed E-state index contributed by atoms with van der Waals surface area (Å²) >= 11 is 6.48. The fourth-order valence-electron chi connectivity index (χ4n) is 4.16. The predicted octanol–water partition coefficient (Wildman–Crippen LogP) is 4.39. The standard InChI is InChI=1S/C24H23ClO7/c1-13-8-15(26)10-19(31-12-14-6-5-7-16(9-14)28-2)24(13)23(27)20-17(29-3)11-18(30-4)21(25)22(20)32-24/h5-7,9-11,13H,8,12H2,1-4H3/t13-,24+/m1/s1. The van der Waals surface area contributed by atoms with Gasteiger partial charge in [-0.2, -0.15) is 0 Å². The lowest BCUT2D eigenvalue weighted by atomic mass is 9.75. The summed E-state index contributed by atoms with van der Waals surface area (Å²) in [6.07, 6.45) is 1.46. The van der Waals surface area contributed by atoms with Crippen molar-refractivity contribution in [2.45, 2.75) is 25.6 Å². The second kappa shape index (κ2) is 8.39. The highest BCUT2D eigenvalue weighted by atomic mass is 35.5. The van der Waals surface area contributed by atoms with Crippen molar-refractivity contribution >= 4 is 23.2 Å². The summed E-state index contributed by atoms with van der Waals surface area (Å²) in [5, 5.41) is 0.157. The topological polar surface area (TPSA) is 80.3 Å². The fourth-order valence-corrected chi connectivity index (χ4v) is 4.43. The molecule has 7 nitrogen and oxygen atoms in total. The van der Waals surface area contributed by atoms with Crippen LogP contribution in [0, 0.1) is 5.92 Å². The predicted molar refractivity (Wildman–Crippen MR) is 117 cm³/mol. The van der Waals surface area contributed by atoms with E-state index in [4.69, 9.17) is 35.3 Å². The summed E-state index contributed by atoms with van der Waals surface area (Å²) in [5.74, 6) is 0.554. The Morgan fingerprint density at radius 2 is 1.84 bits per heavy atom. The van der Waals surface area contributed by atoms with Gasteiger partial charge in [0.15, 0.2) is 17.3 Å². The second-order valence-electron chi connectivity index (χ2n) is 7.69. The minimum absolute atomic E-state index is 0.117. The molecule has 0 amide bonds. The SMILES string of the molecule is COc1cccc(COC2=CC(=O)C[C@@H](C)[C@]23Oc2c(Cl)c(OC)cc(OC)c2C3=O)c1. The number of ketones is 2. The van der Waals surface area contributed by atoms with Crippen molar-refractivity contribution in [1.82, 2.24) is 0 Å². The van der Waals surface area contributed by atoms with Crippen LogP contribution in [0.4, 0.5) is 0 Å². The van der Waals surface area contributed by atoms with Gasteiger partial charge >= 0.3 is 0 Å². The first-order chi connectivity index (χ1) is 15.3. The number of allylic oxidation sites excluding steroid dienone is 1. The fraction of sp³-hybridized carbons (Fsp3) is 0.333. The number of methoxy groups -OCH3 is 3. The third kappa shape index (κ3) is 3.37. The van der Waals surface area contributed by atoms with Crippen molar-refractivity contribution in [3.8, 4) is 23.0 Å². The number of halogens is 1. The Morgan fingerprint density at radius 3 is 2.53 bits per heavy atom. The van der Waals surface area contributed by atoms with Gasteiger partial charge in [0.05, 0.1) is 21.3 Å². The Hall–Kier alpha value is -3.19. The van der Waals surface area contributed by atoms with Gasteiger partial charge in [-0.1, -0.05) is 30.7 Å². The first-order valence-corrected chi connectivity index (χ1v) is 10.4. The molecule has 0 bridgehead atoms. The Bertz CT molecular complexity index is 1120. The van der Waals surface area contributed by atoms with Gasteiger partial charge in [-0.25, -0.2) is 0 Å². The average Bonchev–Trinajstić information content (AvgIpc) is 3.10. The van der Waals surface area contributed by atoms with E-state index in [-0.39, 0.29) is 52.4 Å². The van der Waals surface area contributed by atoms with Crippen molar-refractivity contribution < 1.29 is 33.3 Å². The molecule has 2 aliphatic rings. The van der Waals surface area contributed by atoms with E-state index in [0.717, 1.165) is 5.56 Å². The molecule has 1 heterocycles.